The molecule has 0 saturated carbocycles. The lowest BCUT2D eigenvalue weighted by Gasteiger charge is -2.15. The summed E-state index contributed by atoms with van der Waals surface area (Å²) in [5.41, 5.74) is 3.13. The second-order valence-corrected chi connectivity index (χ2v) is 6.15. The van der Waals surface area contributed by atoms with Crippen LogP contribution in [0.15, 0.2) is 43.0 Å². The lowest BCUT2D eigenvalue weighted by atomic mass is 10.1. The van der Waals surface area contributed by atoms with Gasteiger partial charge < -0.3 is 9.88 Å². The summed E-state index contributed by atoms with van der Waals surface area (Å²) in [7, 11) is 0. The van der Waals surface area contributed by atoms with E-state index >= 15 is 0 Å². The minimum Gasteiger partial charge on any atom is -0.326 e. The molecule has 0 unspecified atom stereocenters. The van der Waals surface area contributed by atoms with Crippen LogP contribution in [-0.2, 0) is 13.1 Å². The quantitative estimate of drug-likeness (QED) is 0.761. The summed E-state index contributed by atoms with van der Waals surface area (Å²) in [5, 5.41) is 7.91. The van der Waals surface area contributed by atoms with Gasteiger partial charge in [0.05, 0.1) is 12.0 Å². The van der Waals surface area contributed by atoms with Crippen LogP contribution in [0.4, 0.5) is 0 Å². The summed E-state index contributed by atoms with van der Waals surface area (Å²) in [4.78, 5) is 9.24. The van der Waals surface area contributed by atoms with Crippen molar-refractivity contribution >= 4 is 12.4 Å². The van der Waals surface area contributed by atoms with E-state index in [2.05, 4.69) is 39.0 Å². The van der Waals surface area contributed by atoms with Crippen molar-refractivity contribution in [3.8, 4) is 22.8 Å². The number of rotatable bonds is 5. The molecule has 25 heavy (non-hydrogen) atoms. The van der Waals surface area contributed by atoms with Crippen LogP contribution in [-0.4, -0.2) is 36.9 Å². The highest BCUT2D eigenvalue weighted by Crippen LogP contribution is 2.30. The molecule has 4 rings (SSSR count). The van der Waals surface area contributed by atoms with Gasteiger partial charge in [-0.3, -0.25) is 0 Å². The fourth-order valence-corrected chi connectivity index (χ4v) is 3.39. The Morgan fingerprint density at radius 3 is 2.76 bits per heavy atom. The number of hydrogen-bond acceptors (Lipinski definition) is 4. The molecule has 0 amide bonds. The Hall–Kier alpha value is -2.18. The van der Waals surface area contributed by atoms with Gasteiger partial charge in [-0.15, -0.1) is 12.4 Å². The van der Waals surface area contributed by atoms with Gasteiger partial charge >= 0.3 is 0 Å². The first kappa shape index (κ1) is 17.6. The molecule has 1 aromatic carbocycles. The van der Waals surface area contributed by atoms with Crippen molar-refractivity contribution in [1.82, 2.24) is 29.6 Å². The predicted molar refractivity (Wildman–Crippen MR) is 101 cm³/mol. The highest BCUT2D eigenvalue weighted by molar-refractivity contribution is 5.85. The van der Waals surface area contributed by atoms with Crippen molar-refractivity contribution in [1.29, 1.82) is 0 Å². The molecule has 2 aromatic heterocycles. The Balaban J connectivity index is 0.00000182. The van der Waals surface area contributed by atoms with Gasteiger partial charge in [-0.2, -0.15) is 5.10 Å². The van der Waals surface area contributed by atoms with E-state index in [4.69, 9.17) is 4.98 Å². The van der Waals surface area contributed by atoms with Crippen molar-refractivity contribution in [2.75, 3.05) is 6.54 Å². The molecule has 132 valence electrons. The number of nitrogens with zero attached hydrogens (tertiary/aromatic N) is 5. The standard InChI is InChI=1S/C18H22N6.ClH/c1-2-24-18(20-12-22-24)17-16(14-7-4-3-5-8-14)21-13-23(17)11-15-9-6-10-19-15;/h3-5,7-8,12-13,15,19H,2,6,9-11H2,1H3;1H/t15-;/m1./s1. The summed E-state index contributed by atoms with van der Waals surface area (Å²) in [5.74, 6) is 0.881. The average Bonchev–Trinajstić information content (AvgIpc) is 3.36. The summed E-state index contributed by atoms with van der Waals surface area (Å²) in [6, 6.07) is 10.8. The molecule has 0 spiro atoms. The van der Waals surface area contributed by atoms with Crippen molar-refractivity contribution in [2.45, 2.75) is 38.9 Å². The normalized spacial score (nSPS) is 16.8. The van der Waals surface area contributed by atoms with Crippen LogP contribution in [0.2, 0.25) is 0 Å². The Bertz CT molecular complexity index is 804. The average molecular weight is 359 g/mol. The minimum atomic E-state index is 0. The van der Waals surface area contributed by atoms with Gasteiger partial charge in [0.2, 0.25) is 0 Å². The Morgan fingerprint density at radius 1 is 1.20 bits per heavy atom. The van der Waals surface area contributed by atoms with Crippen molar-refractivity contribution in [2.24, 2.45) is 0 Å². The fourth-order valence-electron chi connectivity index (χ4n) is 3.39. The molecule has 1 aliphatic rings. The van der Waals surface area contributed by atoms with Gasteiger partial charge in [-0.25, -0.2) is 14.6 Å². The molecular weight excluding hydrogens is 336 g/mol. The van der Waals surface area contributed by atoms with Crippen LogP contribution < -0.4 is 5.32 Å². The lowest BCUT2D eigenvalue weighted by Crippen LogP contribution is -2.27. The minimum absolute atomic E-state index is 0. The highest BCUT2D eigenvalue weighted by atomic mass is 35.5. The molecule has 3 heterocycles. The number of aromatic nitrogens is 5. The fraction of sp³-hybridized carbons (Fsp3) is 0.389. The van der Waals surface area contributed by atoms with Gasteiger partial charge in [0.15, 0.2) is 5.82 Å². The Morgan fingerprint density at radius 2 is 2.04 bits per heavy atom. The van der Waals surface area contributed by atoms with Gasteiger partial charge in [-0.05, 0) is 26.3 Å². The molecule has 0 radical (unpaired) electrons. The van der Waals surface area contributed by atoms with Crippen LogP contribution in [0.5, 0.6) is 0 Å². The number of aryl methyl sites for hydroxylation is 1. The van der Waals surface area contributed by atoms with E-state index in [1.54, 1.807) is 6.33 Å². The maximum absolute atomic E-state index is 4.71. The molecular formula is C18H23ClN6. The molecule has 0 aliphatic carbocycles. The maximum Gasteiger partial charge on any atom is 0.177 e. The van der Waals surface area contributed by atoms with Crippen LogP contribution in [0.25, 0.3) is 22.8 Å². The predicted octanol–water partition coefficient (Wildman–Crippen LogP) is 3.00. The van der Waals surface area contributed by atoms with E-state index in [1.165, 1.54) is 12.8 Å². The first-order valence-corrected chi connectivity index (χ1v) is 8.59. The monoisotopic (exact) mass is 358 g/mol. The van der Waals surface area contributed by atoms with E-state index in [0.29, 0.717) is 6.04 Å². The maximum atomic E-state index is 4.71. The van der Waals surface area contributed by atoms with Crippen LogP contribution in [0, 0.1) is 0 Å². The first-order valence-electron chi connectivity index (χ1n) is 8.59. The molecule has 0 bridgehead atoms. The molecule has 1 aliphatic heterocycles. The molecule has 3 aromatic rings. The molecule has 1 N–H and O–H groups in total. The Labute approximate surface area is 153 Å². The molecule has 7 heteroatoms. The summed E-state index contributed by atoms with van der Waals surface area (Å²) in [6.07, 6.45) is 6.01. The first-order chi connectivity index (χ1) is 11.9. The third kappa shape index (κ3) is 3.45. The largest absolute Gasteiger partial charge is 0.326 e. The zero-order valence-electron chi connectivity index (χ0n) is 14.3. The van der Waals surface area contributed by atoms with Crippen molar-refractivity contribution in [3.05, 3.63) is 43.0 Å². The molecule has 1 saturated heterocycles. The number of imidazole rings is 1. The van der Waals surface area contributed by atoms with E-state index in [0.717, 1.165) is 42.4 Å². The number of hydrogen-bond donors (Lipinski definition) is 1. The van der Waals surface area contributed by atoms with E-state index in [-0.39, 0.29) is 12.4 Å². The number of nitrogens with one attached hydrogen (secondary N) is 1. The number of benzene rings is 1. The summed E-state index contributed by atoms with van der Waals surface area (Å²) >= 11 is 0. The summed E-state index contributed by atoms with van der Waals surface area (Å²) < 4.78 is 4.16. The zero-order valence-corrected chi connectivity index (χ0v) is 15.1. The zero-order chi connectivity index (χ0) is 16.4. The Kier molecular flexibility index (Phi) is 5.50. The van der Waals surface area contributed by atoms with Gasteiger partial charge in [0.1, 0.15) is 12.0 Å². The second-order valence-electron chi connectivity index (χ2n) is 6.15. The molecule has 1 atom stereocenters. The smallest absolute Gasteiger partial charge is 0.177 e. The van der Waals surface area contributed by atoms with Crippen LogP contribution in [0.1, 0.15) is 19.8 Å². The van der Waals surface area contributed by atoms with Crippen LogP contribution >= 0.6 is 12.4 Å². The van der Waals surface area contributed by atoms with Crippen LogP contribution in [0.3, 0.4) is 0 Å². The second kappa shape index (κ2) is 7.80. The van der Waals surface area contributed by atoms with E-state index in [1.807, 2.05) is 29.2 Å². The third-order valence-electron chi connectivity index (χ3n) is 4.59. The van der Waals surface area contributed by atoms with Crippen molar-refractivity contribution < 1.29 is 0 Å². The van der Waals surface area contributed by atoms with E-state index in [9.17, 15) is 0 Å². The summed E-state index contributed by atoms with van der Waals surface area (Å²) in [6.45, 7) is 4.88. The topological polar surface area (TPSA) is 60.6 Å². The molecule has 1 fully saturated rings. The SMILES string of the molecule is CCn1ncnc1-c1c(-c2ccccc2)ncn1C[C@H]1CCCN1.Cl. The van der Waals surface area contributed by atoms with Gasteiger partial charge in [0, 0.05) is 24.7 Å². The third-order valence-corrected chi connectivity index (χ3v) is 4.59. The van der Waals surface area contributed by atoms with E-state index < -0.39 is 0 Å². The molecule has 6 nitrogen and oxygen atoms in total. The van der Waals surface area contributed by atoms with Crippen molar-refractivity contribution in [3.63, 3.8) is 0 Å². The van der Waals surface area contributed by atoms with Gasteiger partial charge in [0.25, 0.3) is 0 Å². The highest BCUT2D eigenvalue weighted by Gasteiger charge is 2.22. The number of halogens is 1. The van der Waals surface area contributed by atoms with Gasteiger partial charge in [-0.1, -0.05) is 30.3 Å². The lowest BCUT2D eigenvalue weighted by molar-refractivity contribution is 0.509.